The maximum atomic E-state index is 13.6. The van der Waals surface area contributed by atoms with E-state index in [1.54, 1.807) is 44.2 Å². The van der Waals surface area contributed by atoms with Crippen LogP contribution in [0.5, 0.6) is 0 Å². The van der Waals surface area contributed by atoms with Gasteiger partial charge in [0.1, 0.15) is 6.54 Å². The highest BCUT2D eigenvalue weighted by Crippen LogP contribution is 2.30. The molecule has 0 saturated heterocycles. The fourth-order valence-corrected chi connectivity index (χ4v) is 6.86. The largest absolute Gasteiger partial charge is 0.325 e. The monoisotopic (exact) mass is 594 g/mol. The summed E-state index contributed by atoms with van der Waals surface area (Å²) in [6, 6.07) is 23.4. The smallest absolute Gasteiger partial charge is 0.289 e. The van der Waals surface area contributed by atoms with E-state index in [-0.39, 0.29) is 16.3 Å². The van der Waals surface area contributed by atoms with Crippen molar-refractivity contribution in [2.24, 2.45) is 0 Å². The van der Waals surface area contributed by atoms with E-state index in [1.165, 1.54) is 48.5 Å². The Balaban J connectivity index is 1.56. The van der Waals surface area contributed by atoms with Crippen molar-refractivity contribution in [2.75, 3.05) is 20.9 Å². The SMILES string of the molecule is Cc1cccc(C)c1NS(=O)(=O)c1ccc(NC(=O)CN(c2ccccc2)S(=O)(=O)c2ccccc2[N+](=O)[O-])cc1. The maximum Gasteiger partial charge on any atom is 0.289 e. The number of nitrogens with one attached hydrogen (secondary N) is 2. The number of nitro benzene ring substituents is 1. The van der Waals surface area contributed by atoms with Gasteiger partial charge in [-0.15, -0.1) is 0 Å². The molecule has 0 aliphatic rings. The first-order valence-electron chi connectivity index (χ1n) is 12.2. The number of benzene rings is 4. The Morgan fingerprint density at radius 2 is 1.39 bits per heavy atom. The topological polar surface area (TPSA) is 156 Å². The van der Waals surface area contributed by atoms with Crippen LogP contribution in [0.15, 0.2) is 107 Å². The highest BCUT2D eigenvalue weighted by molar-refractivity contribution is 7.93. The molecule has 41 heavy (non-hydrogen) atoms. The van der Waals surface area contributed by atoms with Gasteiger partial charge in [-0.3, -0.25) is 23.9 Å². The second kappa shape index (κ2) is 11.8. The Labute approximate surface area is 237 Å². The maximum absolute atomic E-state index is 13.6. The standard InChI is InChI=1S/C28H26N4O7S2/c1-20-9-8-10-21(2)28(20)30-40(36,37)24-17-15-22(16-18-24)29-27(33)19-31(23-11-4-3-5-12-23)41(38,39)26-14-7-6-13-25(26)32(34)35/h3-18,30H,19H2,1-2H3,(H,29,33). The summed E-state index contributed by atoms with van der Waals surface area (Å²) >= 11 is 0. The molecule has 0 spiro atoms. The number of amides is 1. The van der Waals surface area contributed by atoms with Gasteiger partial charge in [-0.05, 0) is 67.4 Å². The lowest BCUT2D eigenvalue weighted by Gasteiger charge is -2.24. The Bertz CT molecular complexity index is 1790. The van der Waals surface area contributed by atoms with Crippen LogP contribution < -0.4 is 14.3 Å². The normalized spacial score (nSPS) is 11.5. The minimum absolute atomic E-state index is 0.0389. The molecule has 212 valence electrons. The van der Waals surface area contributed by atoms with Crippen molar-refractivity contribution in [1.29, 1.82) is 0 Å². The first-order chi connectivity index (χ1) is 19.4. The van der Waals surface area contributed by atoms with Gasteiger partial charge in [0.25, 0.3) is 25.7 Å². The first kappa shape index (κ1) is 29.2. The molecular formula is C28H26N4O7S2. The van der Waals surface area contributed by atoms with Crippen LogP contribution in [0.3, 0.4) is 0 Å². The van der Waals surface area contributed by atoms with Crippen LogP contribution in [0, 0.1) is 24.0 Å². The minimum atomic E-state index is -4.54. The van der Waals surface area contributed by atoms with Crippen LogP contribution in [0.1, 0.15) is 11.1 Å². The van der Waals surface area contributed by atoms with Crippen LogP contribution in [-0.2, 0) is 24.8 Å². The van der Waals surface area contributed by atoms with E-state index >= 15 is 0 Å². The van der Waals surface area contributed by atoms with Crippen LogP contribution in [0.2, 0.25) is 0 Å². The third-order valence-electron chi connectivity index (χ3n) is 6.13. The van der Waals surface area contributed by atoms with Crippen molar-refractivity contribution in [3.63, 3.8) is 0 Å². The van der Waals surface area contributed by atoms with E-state index in [4.69, 9.17) is 0 Å². The number of carbonyl (C=O) groups is 1. The number of carbonyl (C=O) groups excluding carboxylic acids is 1. The van der Waals surface area contributed by atoms with E-state index in [9.17, 15) is 31.7 Å². The summed E-state index contributed by atoms with van der Waals surface area (Å²) in [6.07, 6.45) is 0. The van der Waals surface area contributed by atoms with Crippen LogP contribution in [-0.4, -0.2) is 34.2 Å². The molecule has 13 heteroatoms. The molecule has 11 nitrogen and oxygen atoms in total. The summed E-state index contributed by atoms with van der Waals surface area (Å²) in [5.74, 6) is -0.750. The fourth-order valence-electron chi connectivity index (χ4n) is 4.07. The molecule has 0 saturated carbocycles. The van der Waals surface area contributed by atoms with Gasteiger partial charge < -0.3 is 5.32 Å². The van der Waals surface area contributed by atoms with Gasteiger partial charge in [0.05, 0.1) is 21.2 Å². The van der Waals surface area contributed by atoms with Gasteiger partial charge in [-0.2, -0.15) is 0 Å². The molecule has 0 fully saturated rings. The van der Waals surface area contributed by atoms with Crippen molar-refractivity contribution in [2.45, 2.75) is 23.6 Å². The second-order valence-electron chi connectivity index (χ2n) is 9.02. The van der Waals surface area contributed by atoms with E-state index < -0.39 is 48.0 Å². The highest BCUT2D eigenvalue weighted by Gasteiger charge is 2.33. The Hall–Kier alpha value is -4.75. The molecular weight excluding hydrogens is 568 g/mol. The quantitative estimate of drug-likeness (QED) is 0.196. The molecule has 0 bridgehead atoms. The lowest BCUT2D eigenvalue weighted by molar-refractivity contribution is -0.387. The minimum Gasteiger partial charge on any atom is -0.325 e. The molecule has 0 aromatic heterocycles. The molecule has 0 heterocycles. The number of aryl methyl sites for hydroxylation is 2. The van der Waals surface area contributed by atoms with Gasteiger partial charge in [-0.25, -0.2) is 16.8 Å². The lowest BCUT2D eigenvalue weighted by atomic mass is 10.1. The zero-order valence-corrected chi connectivity index (χ0v) is 23.6. The van der Waals surface area contributed by atoms with Gasteiger partial charge in [0.2, 0.25) is 5.91 Å². The molecule has 1 amide bonds. The Morgan fingerprint density at radius 3 is 2.00 bits per heavy atom. The predicted molar refractivity (Wildman–Crippen MR) is 156 cm³/mol. The molecule has 0 atom stereocenters. The predicted octanol–water partition coefficient (Wildman–Crippen LogP) is 4.85. The average molecular weight is 595 g/mol. The van der Waals surface area contributed by atoms with E-state index in [2.05, 4.69) is 10.0 Å². The van der Waals surface area contributed by atoms with Crippen molar-refractivity contribution in [3.8, 4) is 0 Å². The summed E-state index contributed by atoms with van der Waals surface area (Å²) in [7, 11) is -8.46. The number of rotatable bonds is 10. The lowest BCUT2D eigenvalue weighted by Crippen LogP contribution is -2.38. The van der Waals surface area contributed by atoms with Crippen molar-refractivity contribution in [3.05, 3.63) is 118 Å². The van der Waals surface area contributed by atoms with Gasteiger partial charge in [0, 0.05) is 11.8 Å². The van der Waals surface area contributed by atoms with E-state index in [0.717, 1.165) is 27.6 Å². The fraction of sp³-hybridized carbons (Fsp3) is 0.107. The molecule has 0 unspecified atom stereocenters. The van der Waals surface area contributed by atoms with Crippen molar-refractivity contribution < 1.29 is 26.6 Å². The third kappa shape index (κ3) is 6.53. The summed E-state index contributed by atoms with van der Waals surface area (Å²) in [6.45, 7) is 2.88. The van der Waals surface area contributed by atoms with Crippen molar-refractivity contribution >= 4 is 48.7 Å². The Morgan fingerprint density at radius 1 is 0.805 bits per heavy atom. The molecule has 0 aliphatic carbocycles. The highest BCUT2D eigenvalue weighted by atomic mass is 32.2. The molecule has 4 aromatic rings. The number of hydrogen-bond donors (Lipinski definition) is 2. The molecule has 2 N–H and O–H groups in total. The molecule has 4 rings (SSSR count). The zero-order chi connectivity index (χ0) is 29.8. The molecule has 0 radical (unpaired) electrons. The molecule has 0 aliphatic heterocycles. The average Bonchev–Trinajstić information content (AvgIpc) is 2.94. The van der Waals surface area contributed by atoms with Gasteiger partial charge >= 0.3 is 0 Å². The van der Waals surface area contributed by atoms with Crippen LogP contribution >= 0.6 is 0 Å². The van der Waals surface area contributed by atoms with Gasteiger partial charge in [-0.1, -0.05) is 48.5 Å². The van der Waals surface area contributed by atoms with E-state index in [0.29, 0.717) is 5.69 Å². The summed E-state index contributed by atoms with van der Waals surface area (Å²) in [5, 5.41) is 14.1. The number of nitrogens with zero attached hydrogens (tertiary/aromatic N) is 2. The summed E-state index contributed by atoms with van der Waals surface area (Å²) in [4.78, 5) is 23.1. The number of anilines is 3. The number of sulfonamides is 2. The van der Waals surface area contributed by atoms with Crippen molar-refractivity contribution in [1.82, 2.24) is 0 Å². The van der Waals surface area contributed by atoms with Crippen LogP contribution in [0.25, 0.3) is 0 Å². The van der Waals surface area contributed by atoms with Crippen LogP contribution in [0.4, 0.5) is 22.7 Å². The zero-order valence-electron chi connectivity index (χ0n) is 22.0. The first-order valence-corrected chi connectivity index (χ1v) is 15.1. The third-order valence-corrected chi connectivity index (χ3v) is 9.31. The molecule has 4 aromatic carbocycles. The number of nitro groups is 1. The summed E-state index contributed by atoms with van der Waals surface area (Å²) < 4.78 is 56.4. The summed E-state index contributed by atoms with van der Waals surface area (Å²) in [5.41, 5.74) is 1.72. The van der Waals surface area contributed by atoms with E-state index in [1.807, 2.05) is 6.07 Å². The Kier molecular flexibility index (Phi) is 8.40. The second-order valence-corrected chi connectivity index (χ2v) is 12.5. The number of para-hydroxylation sites is 3. The number of hydrogen-bond acceptors (Lipinski definition) is 7. The van der Waals surface area contributed by atoms with Gasteiger partial charge in [0.15, 0.2) is 4.90 Å².